The van der Waals surface area contributed by atoms with Crippen LogP contribution >= 0.6 is 0 Å². The Kier molecular flexibility index (Phi) is 4.19. The summed E-state index contributed by atoms with van der Waals surface area (Å²) in [5, 5.41) is 3.54. The lowest BCUT2D eigenvalue weighted by Gasteiger charge is -2.24. The Balaban J connectivity index is 1.88. The summed E-state index contributed by atoms with van der Waals surface area (Å²) in [5.41, 5.74) is 8.03. The van der Waals surface area contributed by atoms with E-state index in [0.717, 1.165) is 32.5 Å². The third-order valence-corrected chi connectivity index (χ3v) is 2.98. The molecule has 3 heteroatoms. The van der Waals surface area contributed by atoms with Crippen molar-refractivity contribution >= 4 is 5.69 Å². The molecule has 3 nitrogen and oxygen atoms in total. The van der Waals surface area contributed by atoms with Crippen LogP contribution in [0.25, 0.3) is 0 Å². The van der Waals surface area contributed by atoms with Crippen LogP contribution in [0.1, 0.15) is 18.4 Å². The molecule has 0 bridgehead atoms. The van der Waals surface area contributed by atoms with E-state index in [9.17, 15) is 0 Å². The van der Waals surface area contributed by atoms with Gasteiger partial charge in [-0.2, -0.15) is 0 Å². The Morgan fingerprint density at radius 1 is 1.19 bits per heavy atom. The SMILES string of the molecule is NCCc1ccc(NC2CCOCC2)cc1. The van der Waals surface area contributed by atoms with Crippen molar-refractivity contribution in [2.75, 3.05) is 25.1 Å². The molecule has 16 heavy (non-hydrogen) atoms. The van der Waals surface area contributed by atoms with Crippen molar-refractivity contribution in [2.45, 2.75) is 25.3 Å². The van der Waals surface area contributed by atoms with Gasteiger partial charge in [0.15, 0.2) is 0 Å². The van der Waals surface area contributed by atoms with Crippen molar-refractivity contribution in [3.8, 4) is 0 Å². The van der Waals surface area contributed by atoms with Crippen molar-refractivity contribution in [2.24, 2.45) is 5.73 Å². The van der Waals surface area contributed by atoms with Crippen LogP contribution in [0.5, 0.6) is 0 Å². The zero-order valence-corrected chi connectivity index (χ0v) is 9.61. The molecule has 0 aliphatic carbocycles. The molecule has 0 radical (unpaired) electrons. The van der Waals surface area contributed by atoms with Gasteiger partial charge < -0.3 is 15.8 Å². The predicted molar refractivity (Wildman–Crippen MR) is 66.7 cm³/mol. The van der Waals surface area contributed by atoms with Gasteiger partial charge in [-0.1, -0.05) is 12.1 Å². The maximum atomic E-state index is 5.52. The van der Waals surface area contributed by atoms with Crippen molar-refractivity contribution in [1.82, 2.24) is 0 Å². The molecule has 1 saturated heterocycles. The summed E-state index contributed by atoms with van der Waals surface area (Å²) >= 11 is 0. The lowest BCUT2D eigenvalue weighted by molar-refractivity contribution is 0.0904. The highest BCUT2D eigenvalue weighted by Crippen LogP contribution is 2.15. The third-order valence-electron chi connectivity index (χ3n) is 2.98. The number of hydrogen-bond donors (Lipinski definition) is 2. The summed E-state index contributed by atoms with van der Waals surface area (Å²) < 4.78 is 5.33. The van der Waals surface area contributed by atoms with Crippen LogP contribution in [0.4, 0.5) is 5.69 Å². The lowest BCUT2D eigenvalue weighted by atomic mass is 10.1. The van der Waals surface area contributed by atoms with Crippen molar-refractivity contribution in [1.29, 1.82) is 0 Å². The summed E-state index contributed by atoms with van der Waals surface area (Å²) in [7, 11) is 0. The molecule has 1 aliphatic heterocycles. The first kappa shape index (κ1) is 11.4. The van der Waals surface area contributed by atoms with Gasteiger partial charge in [0.1, 0.15) is 0 Å². The van der Waals surface area contributed by atoms with Crippen LogP contribution in [-0.4, -0.2) is 25.8 Å². The van der Waals surface area contributed by atoms with Gasteiger partial charge in [-0.15, -0.1) is 0 Å². The molecule has 88 valence electrons. The number of nitrogens with one attached hydrogen (secondary N) is 1. The zero-order chi connectivity index (χ0) is 11.2. The molecule has 0 unspecified atom stereocenters. The van der Waals surface area contributed by atoms with E-state index in [0.29, 0.717) is 12.6 Å². The first-order valence-corrected chi connectivity index (χ1v) is 6.02. The Morgan fingerprint density at radius 2 is 1.88 bits per heavy atom. The molecule has 1 aromatic rings. The summed E-state index contributed by atoms with van der Waals surface area (Å²) in [6.45, 7) is 2.47. The Hall–Kier alpha value is -1.06. The summed E-state index contributed by atoms with van der Waals surface area (Å²) in [5.74, 6) is 0. The van der Waals surface area contributed by atoms with Crippen LogP contribution in [0, 0.1) is 0 Å². The predicted octanol–water partition coefficient (Wildman–Crippen LogP) is 1.78. The number of benzene rings is 1. The number of ether oxygens (including phenoxy) is 1. The van der Waals surface area contributed by atoms with Gasteiger partial charge in [-0.3, -0.25) is 0 Å². The molecule has 0 amide bonds. The molecule has 3 N–H and O–H groups in total. The molecule has 2 rings (SSSR count). The Labute approximate surface area is 97.0 Å². The smallest absolute Gasteiger partial charge is 0.0485 e. The molecule has 1 aliphatic rings. The highest BCUT2D eigenvalue weighted by molar-refractivity contribution is 5.45. The molecule has 0 aromatic heterocycles. The second kappa shape index (κ2) is 5.87. The van der Waals surface area contributed by atoms with Gasteiger partial charge in [0.2, 0.25) is 0 Å². The largest absolute Gasteiger partial charge is 0.382 e. The maximum absolute atomic E-state index is 5.52. The fraction of sp³-hybridized carbons (Fsp3) is 0.538. The van der Waals surface area contributed by atoms with Crippen LogP contribution < -0.4 is 11.1 Å². The molecular formula is C13H20N2O. The van der Waals surface area contributed by atoms with Crippen molar-refractivity contribution in [3.63, 3.8) is 0 Å². The number of anilines is 1. The molecule has 0 saturated carbocycles. The maximum Gasteiger partial charge on any atom is 0.0485 e. The van der Waals surface area contributed by atoms with E-state index in [-0.39, 0.29) is 0 Å². The normalized spacial score (nSPS) is 17.3. The van der Waals surface area contributed by atoms with E-state index in [4.69, 9.17) is 10.5 Å². The average Bonchev–Trinajstić information content (AvgIpc) is 2.33. The van der Waals surface area contributed by atoms with Gasteiger partial charge >= 0.3 is 0 Å². The fourth-order valence-electron chi connectivity index (χ4n) is 2.01. The second-order valence-corrected chi connectivity index (χ2v) is 4.27. The number of rotatable bonds is 4. The average molecular weight is 220 g/mol. The van der Waals surface area contributed by atoms with Crippen LogP contribution in [-0.2, 0) is 11.2 Å². The van der Waals surface area contributed by atoms with Gasteiger partial charge in [-0.25, -0.2) is 0 Å². The van der Waals surface area contributed by atoms with Crippen LogP contribution in [0.2, 0.25) is 0 Å². The van der Waals surface area contributed by atoms with Crippen LogP contribution in [0.15, 0.2) is 24.3 Å². The zero-order valence-electron chi connectivity index (χ0n) is 9.61. The number of nitrogens with two attached hydrogens (primary N) is 1. The molecule has 1 aromatic carbocycles. The van der Waals surface area contributed by atoms with E-state index in [2.05, 4.69) is 29.6 Å². The highest BCUT2D eigenvalue weighted by Gasteiger charge is 2.12. The third kappa shape index (κ3) is 3.22. The summed E-state index contributed by atoms with van der Waals surface area (Å²) in [6.07, 6.45) is 3.16. The topological polar surface area (TPSA) is 47.3 Å². The fourth-order valence-corrected chi connectivity index (χ4v) is 2.01. The van der Waals surface area contributed by atoms with Gasteiger partial charge in [0.05, 0.1) is 0 Å². The van der Waals surface area contributed by atoms with E-state index in [1.54, 1.807) is 0 Å². The lowest BCUT2D eigenvalue weighted by Crippen LogP contribution is -2.27. The summed E-state index contributed by atoms with van der Waals surface area (Å²) in [4.78, 5) is 0. The molecule has 0 atom stereocenters. The minimum atomic E-state index is 0.564. The van der Waals surface area contributed by atoms with Gasteiger partial charge in [-0.05, 0) is 43.5 Å². The standard InChI is InChI=1S/C13H20N2O/c14-8-5-11-1-3-12(4-2-11)15-13-6-9-16-10-7-13/h1-4,13,15H,5-10,14H2. The van der Waals surface area contributed by atoms with E-state index < -0.39 is 0 Å². The number of hydrogen-bond acceptors (Lipinski definition) is 3. The Bertz CT molecular complexity index is 304. The minimum Gasteiger partial charge on any atom is -0.382 e. The molecule has 1 heterocycles. The monoisotopic (exact) mass is 220 g/mol. The van der Waals surface area contributed by atoms with E-state index in [1.807, 2.05) is 0 Å². The van der Waals surface area contributed by atoms with Gasteiger partial charge in [0.25, 0.3) is 0 Å². The Morgan fingerprint density at radius 3 is 2.50 bits per heavy atom. The quantitative estimate of drug-likeness (QED) is 0.813. The molecule has 0 spiro atoms. The highest BCUT2D eigenvalue weighted by atomic mass is 16.5. The molecular weight excluding hydrogens is 200 g/mol. The van der Waals surface area contributed by atoms with E-state index in [1.165, 1.54) is 11.3 Å². The minimum absolute atomic E-state index is 0.564. The van der Waals surface area contributed by atoms with E-state index >= 15 is 0 Å². The van der Waals surface area contributed by atoms with Crippen molar-refractivity contribution in [3.05, 3.63) is 29.8 Å². The summed E-state index contributed by atoms with van der Waals surface area (Å²) in [6, 6.07) is 9.14. The second-order valence-electron chi connectivity index (χ2n) is 4.27. The first-order valence-electron chi connectivity index (χ1n) is 6.02. The first-order chi connectivity index (χ1) is 7.88. The van der Waals surface area contributed by atoms with Crippen LogP contribution in [0.3, 0.4) is 0 Å². The van der Waals surface area contributed by atoms with Crippen molar-refractivity contribution < 1.29 is 4.74 Å². The van der Waals surface area contributed by atoms with Gasteiger partial charge in [0, 0.05) is 24.9 Å². The molecule has 1 fully saturated rings.